The minimum Gasteiger partial charge on any atom is -0.396 e. The Hall–Kier alpha value is -3.17. The Morgan fingerprint density at radius 3 is 2.74 bits per heavy atom. The first kappa shape index (κ1) is 23.6. The van der Waals surface area contributed by atoms with E-state index < -0.39 is 11.6 Å². The Morgan fingerprint density at radius 2 is 2.00 bits per heavy atom. The second-order valence-corrected chi connectivity index (χ2v) is 9.39. The molecule has 184 valence electrons. The first-order valence-electron chi connectivity index (χ1n) is 12.1. The number of hydrogen-bond donors (Lipinski definition) is 0. The van der Waals surface area contributed by atoms with Crippen LogP contribution in [0.2, 0.25) is 0 Å². The average Bonchev–Trinajstić information content (AvgIpc) is 3.49. The lowest BCUT2D eigenvalue weighted by atomic mass is 9.86. The van der Waals surface area contributed by atoms with Gasteiger partial charge < -0.3 is 9.85 Å². The third-order valence-corrected chi connectivity index (χ3v) is 6.95. The molecule has 2 fully saturated rings. The minimum absolute atomic E-state index is 0.333. The number of benzene rings is 1. The van der Waals surface area contributed by atoms with Crippen molar-refractivity contribution in [1.82, 2.24) is 19.9 Å². The molecule has 7 nitrogen and oxygen atoms in total. The Bertz CT molecular complexity index is 1140. The predicted molar refractivity (Wildman–Crippen MR) is 131 cm³/mol. The van der Waals surface area contributed by atoms with Gasteiger partial charge in [-0.05, 0) is 56.1 Å². The zero-order valence-corrected chi connectivity index (χ0v) is 19.9. The van der Waals surface area contributed by atoms with Gasteiger partial charge >= 0.3 is 0 Å². The Kier molecular flexibility index (Phi) is 6.88. The van der Waals surface area contributed by atoms with Crippen LogP contribution in [-0.2, 0) is 11.4 Å². The van der Waals surface area contributed by atoms with Gasteiger partial charge in [-0.1, -0.05) is 11.2 Å². The predicted octanol–water partition coefficient (Wildman–Crippen LogP) is 3.82. The number of nitrogens with zero attached hydrogens (tertiary/aromatic N) is 6. The van der Waals surface area contributed by atoms with Crippen molar-refractivity contribution in [2.45, 2.75) is 26.3 Å². The van der Waals surface area contributed by atoms with Gasteiger partial charge in [0.2, 0.25) is 0 Å². The summed E-state index contributed by atoms with van der Waals surface area (Å²) in [5, 5.41) is 8.82. The fraction of sp³-hybridized carbons (Fsp3) is 0.423. The molecule has 0 bridgehead atoms. The number of hydrazine groups is 1. The third kappa shape index (κ3) is 5.26. The highest BCUT2D eigenvalue weighted by molar-refractivity contribution is 6.11. The Balaban J connectivity index is 1.23. The van der Waals surface area contributed by atoms with Gasteiger partial charge in [0.25, 0.3) is 0 Å². The van der Waals surface area contributed by atoms with Gasteiger partial charge in [-0.2, -0.15) is 0 Å². The van der Waals surface area contributed by atoms with Crippen LogP contribution in [0.1, 0.15) is 36.6 Å². The van der Waals surface area contributed by atoms with Gasteiger partial charge in [-0.3, -0.25) is 14.9 Å². The smallest absolute Gasteiger partial charge is 0.159 e. The van der Waals surface area contributed by atoms with Crippen molar-refractivity contribution in [1.29, 1.82) is 0 Å². The number of likely N-dealkylation sites (tertiary alicyclic amines) is 1. The number of hydrogen-bond acceptors (Lipinski definition) is 7. The van der Waals surface area contributed by atoms with E-state index in [1.165, 1.54) is 18.9 Å². The van der Waals surface area contributed by atoms with Gasteiger partial charge in [0.15, 0.2) is 11.6 Å². The number of pyridine rings is 1. The van der Waals surface area contributed by atoms with Gasteiger partial charge in [0, 0.05) is 62.0 Å². The molecule has 2 saturated heterocycles. The molecule has 0 aliphatic carbocycles. The molecule has 1 atom stereocenters. The fourth-order valence-electron chi connectivity index (χ4n) is 5.14. The number of oxime groups is 1. The summed E-state index contributed by atoms with van der Waals surface area (Å²) in [6.45, 7) is 8.13. The highest BCUT2D eigenvalue weighted by atomic mass is 19.2. The van der Waals surface area contributed by atoms with E-state index in [0.29, 0.717) is 29.0 Å². The molecule has 1 aromatic heterocycles. The number of rotatable bonds is 7. The molecular weight excluding hydrogens is 450 g/mol. The molecule has 0 saturated carbocycles. The van der Waals surface area contributed by atoms with E-state index in [4.69, 9.17) is 4.84 Å². The second kappa shape index (κ2) is 10.2. The van der Waals surface area contributed by atoms with Crippen LogP contribution in [0.4, 0.5) is 8.78 Å². The first-order chi connectivity index (χ1) is 17.0. The normalized spacial score (nSPS) is 23.1. The molecule has 0 radical (unpaired) electrons. The van der Waals surface area contributed by atoms with Crippen LogP contribution in [0.5, 0.6) is 0 Å². The third-order valence-electron chi connectivity index (χ3n) is 6.95. The van der Waals surface area contributed by atoms with Crippen LogP contribution in [0.25, 0.3) is 0 Å². The van der Waals surface area contributed by atoms with Gasteiger partial charge in [-0.25, -0.2) is 13.8 Å². The van der Waals surface area contributed by atoms with Crippen molar-refractivity contribution in [3.63, 3.8) is 0 Å². The standard InChI is InChI=1S/C26H30F2N6O/c1-2-35-31-25(21-4-5-22(27)23(28)15-21)24-6-3-20(16-30-24)17-32-11-7-26(18-32)8-12-34(19-26)33-13-9-29-10-14-33/h3-6,9-10,13,15-16H,2,7-8,11-12,14,17-19H2,1H3/b31-25+. The molecule has 35 heavy (non-hydrogen) atoms. The van der Waals surface area contributed by atoms with Crippen LogP contribution in [0.3, 0.4) is 0 Å². The van der Waals surface area contributed by atoms with Crippen LogP contribution in [0, 0.1) is 17.0 Å². The van der Waals surface area contributed by atoms with E-state index in [9.17, 15) is 8.78 Å². The quantitative estimate of drug-likeness (QED) is 0.446. The minimum atomic E-state index is -0.929. The maximum Gasteiger partial charge on any atom is 0.159 e. The number of aliphatic imine (C=N–C) groups is 1. The maximum absolute atomic E-state index is 13.8. The molecule has 1 unspecified atom stereocenters. The molecule has 3 aliphatic rings. The molecular formula is C26H30F2N6O. The summed E-state index contributed by atoms with van der Waals surface area (Å²) in [6.07, 6.45) is 10.1. The van der Waals surface area contributed by atoms with Gasteiger partial charge in [0.05, 0.1) is 12.2 Å². The Labute approximate surface area is 204 Å². The van der Waals surface area contributed by atoms with E-state index in [1.54, 1.807) is 0 Å². The summed E-state index contributed by atoms with van der Waals surface area (Å²) < 4.78 is 27.2. The van der Waals surface area contributed by atoms with Crippen LogP contribution in [0.15, 0.2) is 59.1 Å². The van der Waals surface area contributed by atoms with Crippen molar-refractivity contribution in [2.75, 3.05) is 39.3 Å². The highest BCUT2D eigenvalue weighted by Crippen LogP contribution is 2.40. The number of aromatic nitrogens is 1. The molecule has 0 amide bonds. The molecule has 0 N–H and O–H groups in total. The van der Waals surface area contributed by atoms with E-state index in [0.717, 1.165) is 57.0 Å². The zero-order valence-electron chi connectivity index (χ0n) is 19.9. The summed E-state index contributed by atoms with van der Waals surface area (Å²) in [7, 11) is 0. The maximum atomic E-state index is 13.8. The fourth-order valence-corrected chi connectivity index (χ4v) is 5.14. The van der Waals surface area contributed by atoms with E-state index >= 15 is 0 Å². The topological polar surface area (TPSA) is 56.6 Å². The van der Waals surface area contributed by atoms with E-state index in [2.05, 4.69) is 36.2 Å². The van der Waals surface area contributed by atoms with Crippen LogP contribution >= 0.6 is 0 Å². The summed E-state index contributed by atoms with van der Waals surface area (Å²) in [4.78, 5) is 16.5. The lowest BCUT2D eigenvalue weighted by Crippen LogP contribution is -2.41. The number of halogens is 2. The van der Waals surface area contributed by atoms with Crippen LogP contribution < -0.4 is 0 Å². The summed E-state index contributed by atoms with van der Waals surface area (Å²) in [5.41, 5.74) is 2.78. The summed E-state index contributed by atoms with van der Waals surface area (Å²) in [6, 6.07) is 7.56. The highest BCUT2D eigenvalue weighted by Gasteiger charge is 2.44. The largest absolute Gasteiger partial charge is 0.396 e. The van der Waals surface area contributed by atoms with Gasteiger partial charge in [-0.15, -0.1) is 0 Å². The van der Waals surface area contributed by atoms with Crippen molar-refractivity contribution < 1.29 is 13.6 Å². The molecule has 9 heteroatoms. The first-order valence-corrected chi connectivity index (χ1v) is 12.1. The lowest BCUT2D eigenvalue weighted by molar-refractivity contribution is 0.0501. The van der Waals surface area contributed by atoms with Crippen molar-refractivity contribution in [3.8, 4) is 0 Å². The molecule has 5 rings (SSSR count). The zero-order chi connectivity index (χ0) is 24.3. The van der Waals surface area contributed by atoms with Crippen molar-refractivity contribution >= 4 is 11.9 Å². The molecule has 2 aromatic rings. The summed E-state index contributed by atoms with van der Waals surface area (Å²) >= 11 is 0. The van der Waals surface area contributed by atoms with Crippen LogP contribution in [-0.4, -0.2) is 71.2 Å². The molecule has 1 aromatic carbocycles. The second-order valence-electron chi connectivity index (χ2n) is 9.39. The average molecular weight is 481 g/mol. The van der Waals surface area contributed by atoms with E-state index in [1.807, 2.05) is 37.7 Å². The molecule has 1 spiro atoms. The Morgan fingerprint density at radius 1 is 1.11 bits per heavy atom. The molecule has 4 heterocycles. The lowest BCUT2D eigenvalue weighted by Gasteiger charge is -2.32. The monoisotopic (exact) mass is 480 g/mol. The van der Waals surface area contributed by atoms with Crippen molar-refractivity contribution in [3.05, 3.63) is 77.4 Å². The van der Waals surface area contributed by atoms with Crippen molar-refractivity contribution in [2.24, 2.45) is 15.6 Å². The van der Waals surface area contributed by atoms with Gasteiger partial charge in [0.1, 0.15) is 12.3 Å². The summed E-state index contributed by atoms with van der Waals surface area (Å²) in [5.74, 6) is -1.83. The van der Waals surface area contributed by atoms with E-state index in [-0.39, 0.29) is 0 Å². The SMILES string of the molecule is CCO/N=C(\c1ccc(F)c(F)c1)c1ccc(CN2CCC3(CCN(N4C=CN=CC4)C3)C2)cn1. The molecule has 3 aliphatic heterocycles.